The SMILES string of the molecule is CN1CCCC1C(=O)NC(CC1CCC1)C(=O)C(=O)NC1CC1. The second kappa shape index (κ2) is 6.99. The minimum absolute atomic E-state index is 0.109. The molecule has 0 spiro atoms. The normalized spacial score (nSPS) is 26.4. The number of amides is 2. The van der Waals surface area contributed by atoms with Gasteiger partial charge >= 0.3 is 0 Å². The number of Topliss-reactive ketones (excluding diaryl/α,β-unsaturated/α-hetero) is 1. The standard InChI is InChI=1S/C17H27N3O3/c1-20-9-3-6-14(20)16(22)19-13(10-11-4-2-5-11)15(21)17(23)18-12-7-8-12/h11-14H,2-10H2,1H3,(H,18,23)(H,19,22). The van der Waals surface area contributed by atoms with Gasteiger partial charge in [0, 0.05) is 6.04 Å². The highest BCUT2D eigenvalue weighted by Crippen LogP contribution is 2.31. The summed E-state index contributed by atoms with van der Waals surface area (Å²) in [5, 5.41) is 5.62. The van der Waals surface area contributed by atoms with Crippen LogP contribution in [0.25, 0.3) is 0 Å². The highest BCUT2D eigenvalue weighted by Gasteiger charge is 2.36. The summed E-state index contributed by atoms with van der Waals surface area (Å²) in [6.07, 6.45) is 7.68. The molecule has 128 valence electrons. The fraction of sp³-hybridized carbons (Fsp3) is 0.824. The minimum Gasteiger partial charge on any atom is -0.347 e. The Morgan fingerprint density at radius 3 is 2.35 bits per heavy atom. The summed E-state index contributed by atoms with van der Waals surface area (Å²) in [5.41, 5.74) is 0. The van der Waals surface area contributed by atoms with E-state index in [1.807, 2.05) is 11.9 Å². The van der Waals surface area contributed by atoms with E-state index in [1.165, 1.54) is 6.42 Å². The second-order valence-corrected chi connectivity index (χ2v) is 7.34. The smallest absolute Gasteiger partial charge is 0.289 e. The number of hydrogen-bond acceptors (Lipinski definition) is 4. The molecule has 2 N–H and O–H groups in total. The molecule has 0 aromatic rings. The van der Waals surface area contributed by atoms with E-state index in [1.54, 1.807) is 0 Å². The fourth-order valence-electron chi connectivity index (χ4n) is 3.45. The van der Waals surface area contributed by atoms with Gasteiger partial charge in [-0.2, -0.15) is 0 Å². The van der Waals surface area contributed by atoms with Gasteiger partial charge in [-0.25, -0.2) is 0 Å². The Bertz CT molecular complexity index is 485. The van der Waals surface area contributed by atoms with Crippen molar-refractivity contribution in [3.63, 3.8) is 0 Å². The maximum atomic E-state index is 12.5. The molecule has 0 aromatic heterocycles. The van der Waals surface area contributed by atoms with Crippen molar-refractivity contribution >= 4 is 17.6 Å². The van der Waals surface area contributed by atoms with Crippen molar-refractivity contribution in [2.45, 2.75) is 69.5 Å². The fourth-order valence-corrected chi connectivity index (χ4v) is 3.45. The molecule has 2 unspecified atom stereocenters. The van der Waals surface area contributed by atoms with Gasteiger partial charge in [0.05, 0.1) is 12.1 Å². The zero-order valence-corrected chi connectivity index (χ0v) is 13.8. The summed E-state index contributed by atoms with van der Waals surface area (Å²) in [7, 11) is 1.93. The molecule has 6 nitrogen and oxygen atoms in total. The second-order valence-electron chi connectivity index (χ2n) is 7.34. The quantitative estimate of drug-likeness (QED) is 0.673. The lowest BCUT2D eigenvalue weighted by Gasteiger charge is -2.30. The third-order valence-electron chi connectivity index (χ3n) is 5.39. The Hall–Kier alpha value is -1.43. The predicted molar refractivity (Wildman–Crippen MR) is 85.7 cm³/mol. The first-order chi connectivity index (χ1) is 11.0. The first-order valence-electron chi connectivity index (χ1n) is 8.90. The number of carbonyl (C=O) groups excluding carboxylic acids is 3. The van der Waals surface area contributed by atoms with Gasteiger partial charge in [0.25, 0.3) is 5.91 Å². The first-order valence-corrected chi connectivity index (χ1v) is 8.90. The first kappa shape index (κ1) is 16.4. The van der Waals surface area contributed by atoms with Crippen LogP contribution in [0.1, 0.15) is 51.4 Å². The number of nitrogens with one attached hydrogen (secondary N) is 2. The maximum absolute atomic E-state index is 12.5. The highest BCUT2D eigenvalue weighted by molar-refractivity contribution is 6.38. The molecular weight excluding hydrogens is 294 g/mol. The van der Waals surface area contributed by atoms with E-state index in [0.29, 0.717) is 12.3 Å². The monoisotopic (exact) mass is 321 g/mol. The van der Waals surface area contributed by atoms with Gasteiger partial charge < -0.3 is 10.6 Å². The molecule has 1 aliphatic heterocycles. The van der Waals surface area contributed by atoms with Gasteiger partial charge in [0.15, 0.2) is 0 Å². The van der Waals surface area contributed by atoms with E-state index in [0.717, 1.165) is 45.1 Å². The molecule has 6 heteroatoms. The van der Waals surface area contributed by atoms with Crippen LogP contribution in [0.3, 0.4) is 0 Å². The van der Waals surface area contributed by atoms with Crippen LogP contribution in [0.5, 0.6) is 0 Å². The van der Waals surface area contributed by atoms with Gasteiger partial charge in [0.1, 0.15) is 0 Å². The molecule has 23 heavy (non-hydrogen) atoms. The average molecular weight is 321 g/mol. The summed E-state index contributed by atoms with van der Waals surface area (Å²) < 4.78 is 0. The molecule has 0 bridgehead atoms. The molecule has 0 aromatic carbocycles. The van der Waals surface area contributed by atoms with Crippen LogP contribution in [-0.2, 0) is 14.4 Å². The van der Waals surface area contributed by atoms with E-state index in [-0.39, 0.29) is 18.0 Å². The number of nitrogens with zero attached hydrogens (tertiary/aromatic N) is 1. The van der Waals surface area contributed by atoms with Crippen molar-refractivity contribution in [2.75, 3.05) is 13.6 Å². The zero-order valence-electron chi connectivity index (χ0n) is 13.8. The summed E-state index contributed by atoms with van der Waals surface area (Å²) >= 11 is 0. The Kier molecular flexibility index (Phi) is 4.99. The largest absolute Gasteiger partial charge is 0.347 e. The lowest BCUT2D eigenvalue weighted by atomic mass is 9.80. The predicted octanol–water partition coefficient (Wildman–Crippen LogP) is 0.603. The molecule has 1 heterocycles. The molecule has 1 saturated heterocycles. The van der Waals surface area contributed by atoms with Gasteiger partial charge in [-0.05, 0) is 51.6 Å². The molecule has 3 fully saturated rings. The van der Waals surface area contributed by atoms with Crippen LogP contribution in [0.4, 0.5) is 0 Å². The van der Waals surface area contributed by atoms with Crippen molar-refractivity contribution in [3.8, 4) is 0 Å². The molecule has 2 aliphatic carbocycles. The third kappa shape index (κ3) is 4.10. The summed E-state index contributed by atoms with van der Waals surface area (Å²) in [4.78, 5) is 39.0. The molecule has 3 rings (SSSR count). The lowest BCUT2D eigenvalue weighted by Crippen LogP contribution is -2.53. The zero-order chi connectivity index (χ0) is 16.4. The molecule has 0 radical (unpaired) electrons. The molecule has 2 saturated carbocycles. The van der Waals surface area contributed by atoms with E-state index >= 15 is 0 Å². The van der Waals surface area contributed by atoms with Gasteiger partial charge in [-0.3, -0.25) is 19.3 Å². The Morgan fingerprint density at radius 2 is 1.83 bits per heavy atom. The van der Waals surface area contributed by atoms with E-state index in [9.17, 15) is 14.4 Å². The highest BCUT2D eigenvalue weighted by atomic mass is 16.2. The number of ketones is 1. The van der Waals surface area contributed by atoms with Crippen LogP contribution in [0.2, 0.25) is 0 Å². The topological polar surface area (TPSA) is 78.5 Å². The summed E-state index contributed by atoms with van der Waals surface area (Å²) in [6.45, 7) is 0.904. The van der Waals surface area contributed by atoms with Gasteiger partial charge in [-0.15, -0.1) is 0 Å². The number of likely N-dealkylation sites (N-methyl/N-ethyl adjacent to an activating group) is 1. The Labute approximate surface area is 137 Å². The van der Waals surface area contributed by atoms with Crippen LogP contribution < -0.4 is 10.6 Å². The van der Waals surface area contributed by atoms with E-state index in [2.05, 4.69) is 10.6 Å². The summed E-state index contributed by atoms with van der Waals surface area (Å²) in [6, 6.07) is -0.675. The number of likely N-dealkylation sites (tertiary alicyclic amines) is 1. The number of carbonyl (C=O) groups is 3. The molecule has 3 aliphatic rings. The van der Waals surface area contributed by atoms with Crippen LogP contribution in [0, 0.1) is 5.92 Å². The lowest BCUT2D eigenvalue weighted by molar-refractivity contribution is -0.141. The van der Waals surface area contributed by atoms with Gasteiger partial charge in [-0.1, -0.05) is 19.3 Å². The maximum Gasteiger partial charge on any atom is 0.289 e. The van der Waals surface area contributed by atoms with Crippen LogP contribution in [-0.4, -0.2) is 54.2 Å². The van der Waals surface area contributed by atoms with Crippen molar-refractivity contribution in [1.29, 1.82) is 0 Å². The van der Waals surface area contributed by atoms with E-state index < -0.39 is 17.7 Å². The van der Waals surface area contributed by atoms with Crippen LogP contribution >= 0.6 is 0 Å². The number of hydrogen-bond donors (Lipinski definition) is 2. The molecule has 2 amide bonds. The molecule has 2 atom stereocenters. The average Bonchev–Trinajstić information content (AvgIpc) is 3.18. The van der Waals surface area contributed by atoms with Crippen LogP contribution in [0.15, 0.2) is 0 Å². The van der Waals surface area contributed by atoms with Crippen molar-refractivity contribution in [1.82, 2.24) is 15.5 Å². The Balaban J connectivity index is 1.60. The van der Waals surface area contributed by atoms with Crippen molar-refractivity contribution < 1.29 is 14.4 Å². The Morgan fingerprint density at radius 1 is 1.09 bits per heavy atom. The van der Waals surface area contributed by atoms with E-state index in [4.69, 9.17) is 0 Å². The number of rotatable bonds is 7. The third-order valence-corrected chi connectivity index (χ3v) is 5.39. The van der Waals surface area contributed by atoms with Crippen molar-refractivity contribution in [3.05, 3.63) is 0 Å². The van der Waals surface area contributed by atoms with Crippen molar-refractivity contribution in [2.24, 2.45) is 5.92 Å². The molecular formula is C17H27N3O3. The van der Waals surface area contributed by atoms with Gasteiger partial charge in [0.2, 0.25) is 11.7 Å². The summed E-state index contributed by atoms with van der Waals surface area (Å²) in [5.74, 6) is -0.657. The minimum atomic E-state index is -0.666.